The molecule has 1 aliphatic carbocycles. The molecule has 1 unspecified atom stereocenters. The summed E-state index contributed by atoms with van der Waals surface area (Å²) in [5.74, 6) is 0.115. The van der Waals surface area contributed by atoms with Crippen molar-refractivity contribution < 1.29 is 9.53 Å². The predicted octanol–water partition coefficient (Wildman–Crippen LogP) is 1.97. The van der Waals surface area contributed by atoms with Gasteiger partial charge in [0, 0.05) is 6.20 Å². The summed E-state index contributed by atoms with van der Waals surface area (Å²) in [5, 5.41) is 4.81. The fraction of sp³-hybridized carbons (Fsp3) is 0.600. The van der Waals surface area contributed by atoms with E-state index in [2.05, 4.69) is 5.10 Å². The summed E-state index contributed by atoms with van der Waals surface area (Å²) in [6, 6.07) is -0.304. The average molecular weight is 229 g/mol. The summed E-state index contributed by atoms with van der Waals surface area (Å²) in [6.07, 6.45) is 3.80. The number of nitrogens with zero attached hydrogens (tertiary/aromatic N) is 2. The lowest BCUT2D eigenvalue weighted by Gasteiger charge is -2.13. The Hall–Kier alpha value is -1.03. The Kier molecular flexibility index (Phi) is 2.69. The van der Waals surface area contributed by atoms with Crippen LogP contribution in [0.25, 0.3) is 0 Å². The number of halogens is 1. The lowest BCUT2D eigenvalue weighted by molar-refractivity contribution is -0.145. The summed E-state index contributed by atoms with van der Waals surface area (Å²) in [7, 11) is 1.40. The van der Waals surface area contributed by atoms with Crippen molar-refractivity contribution in [1.82, 2.24) is 9.78 Å². The maximum absolute atomic E-state index is 11.6. The minimum absolute atomic E-state index is 0.239. The predicted molar refractivity (Wildman–Crippen MR) is 55.8 cm³/mol. The number of rotatable bonds is 3. The van der Waals surface area contributed by atoms with Crippen molar-refractivity contribution in [2.75, 3.05) is 7.11 Å². The van der Waals surface area contributed by atoms with Crippen LogP contribution < -0.4 is 0 Å². The van der Waals surface area contributed by atoms with E-state index in [1.165, 1.54) is 7.11 Å². The number of hydrogen-bond donors (Lipinski definition) is 0. The number of carbonyl (C=O) groups excluding carboxylic acids is 1. The van der Waals surface area contributed by atoms with E-state index < -0.39 is 0 Å². The molecule has 0 aliphatic heterocycles. The third-order valence-electron chi connectivity index (χ3n) is 2.65. The van der Waals surface area contributed by atoms with E-state index in [1.807, 2.05) is 6.92 Å². The van der Waals surface area contributed by atoms with Gasteiger partial charge in [0.15, 0.2) is 6.04 Å². The van der Waals surface area contributed by atoms with E-state index in [9.17, 15) is 4.79 Å². The Morgan fingerprint density at radius 3 is 2.80 bits per heavy atom. The average Bonchev–Trinajstić information content (AvgIpc) is 2.96. The first-order chi connectivity index (χ1) is 7.13. The van der Waals surface area contributed by atoms with Crippen LogP contribution in [0.4, 0.5) is 0 Å². The van der Waals surface area contributed by atoms with Gasteiger partial charge >= 0.3 is 5.97 Å². The molecular weight excluding hydrogens is 216 g/mol. The van der Waals surface area contributed by atoms with Crippen molar-refractivity contribution in [3.05, 3.63) is 16.9 Å². The molecule has 1 aromatic rings. The molecule has 0 saturated heterocycles. The van der Waals surface area contributed by atoms with Gasteiger partial charge in [0.1, 0.15) is 0 Å². The Morgan fingerprint density at radius 2 is 2.40 bits per heavy atom. The third kappa shape index (κ3) is 2.00. The zero-order chi connectivity index (χ0) is 11.0. The third-order valence-corrected chi connectivity index (χ3v) is 3.02. The zero-order valence-electron chi connectivity index (χ0n) is 8.74. The molecule has 1 fully saturated rings. The van der Waals surface area contributed by atoms with Crippen LogP contribution in [0.3, 0.4) is 0 Å². The van der Waals surface area contributed by atoms with Crippen molar-refractivity contribution in [1.29, 1.82) is 0 Å². The molecule has 1 saturated carbocycles. The SMILES string of the molecule is COC(=O)C(C1CC1)n1cc(Cl)c(C)n1. The Bertz CT molecular complexity index is 365. The van der Waals surface area contributed by atoms with Crippen molar-refractivity contribution in [2.45, 2.75) is 25.8 Å². The first-order valence-corrected chi connectivity index (χ1v) is 5.30. The van der Waals surface area contributed by atoms with E-state index in [4.69, 9.17) is 16.3 Å². The van der Waals surface area contributed by atoms with Crippen LogP contribution in [0.2, 0.25) is 5.02 Å². The normalized spacial score (nSPS) is 17.5. The molecule has 82 valence electrons. The fourth-order valence-corrected chi connectivity index (χ4v) is 1.79. The number of esters is 1. The lowest BCUT2D eigenvalue weighted by atomic mass is 10.2. The second kappa shape index (κ2) is 3.85. The molecule has 5 heteroatoms. The molecule has 15 heavy (non-hydrogen) atoms. The second-order valence-electron chi connectivity index (χ2n) is 3.85. The molecule has 0 bridgehead atoms. The molecule has 1 aromatic heterocycles. The van der Waals surface area contributed by atoms with Crippen LogP contribution in [0.1, 0.15) is 24.6 Å². The van der Waals surface area contributed by atoms with Crippen LogP contribution in [-0.4, -0.2) is 22.9 Å². The molecule has 0 spiro atoms. The van der Waals surface area contributed by atoms with Crippen molar-refractivity contribution >= 4 is 17.6 Å². The quantitative estimate of drug-likeness (QED) is 0.743. The standard InChI is InChI=1S/C10H13ClN2O2/c1-6-8(11)5-13(12-6)9(7-3-4-7)10(14)15-2/h5,7,9H,3-4H2,1-2H3. The number of aryl methyl sites for hydroxylation is 1. The van der Waals surface area contributed by atoms with Crippen LogP contribution in [0.15, 0.2) is 6.20 Å². The Balaban J connectivity index is 2.27. The molecule has 0 aromatic carbocycles. The van der Waals surface area contributed by atoms with E-state index in [1.54, 1.807) is 10.9 Å². The monoisotopic (exact) mass is 228 g/mol. The maximum atomic E-state index is 11.6. The molecule has 2 rings (SSSR count). The molecule has 0 N–H and O–H groups in total. The highest BCUT2D eigenvalue weighted by Gasteiger charge is 2.39. The Labute approximate surface area is 93.2 Å². The number of ether oxygens (including phenoxy) is 1. The highest BCUT2D eigenvalue weighted by molar-refractivity contribution is 6.31. The number of aromatic nitrogens is 2. The first kappa shape index (κ1) is 10.5. The van der Waals surface area contributed by atoms with Crippen LogP contribution in [0, 0.1) is 12.8 Å². The topological polar surface area (TPSA) is 44.1 Å². The van der Waals surface area contributed by atoms with Crippen molar-refractivity contribution in [3.8, 4) is 0 Å². The molecular formula is C10H13ClN2O2. The van der Waals surface area contributed by atoms with Gasteiger partial charge in [-0.2, -0.15) is 5.10 Å². The summed E-state index contributed by atoms with van der Waals surface area (Å²) in [5.41, 5.74) is 0.742. The van der Waals surface area contributed by atoms with Gasteiger partial charge in [0.05, 0.1) is 17.8 Å². The van der Waals surface area contributed by atoms with E-state index >= 15 is 0 Å². The second-order valence-corrected chi connectivity index (χ2v) is 4.26. The van der Waals surface area contributed by atoms with Crippen LogP contribution in [0.5, 0.6) is 0 Å². The van der Waals surface area contributed by atoms with Gasteiger partial charge in [0.25, 0.3) is 0 Å². The van der Waals surface area contributed by atoms with Gasteiger partial charge in [0.2, 0.25) is 0 Å². The maximum Gasteiger partial charge on any atom is 0.330 e. The smallest absolute Gasteiger partial charge is 0.330 e. The van der Waals surface area contributed by atoms with Crippen molar-refractivity contribution in [2.24, 2.45) is 5.92 Å². The van der Waals surface area contributed by atoms with Crippen LogP contribution >= 0.6 is 11.6 Å². The molecule has 1 heterocycles. The Morgan fingerprint density at radius 1 is 1.73 bits per heavy atom. The number of carbonyl (C=O) groups is 1. The van der Waals surface area contributed by atoms with Crippen molar-refractivity contribution in [3.63, 3.8) is 0 Å². The van der Waals surface area contributed by atoms with Crippen LogP contribution in [-0.2, 0) is 9.53 Å². The van der Waals surface area contributed by atoms with E-state index in [-0.39, 0.29) is 12.0 Å². The number of methoxy groups -OCH3 is 1. The zero-order valence-corrected chi connectivity index (χ0v) is 9.49. The van der Waals surface area contributed by atoms with Gasteiger partial charge in [-0.05, 0) is 25.7 Å². The summed E-state index contributed by atoms with van der Waals surface area (Å²) >= 11 is 5.91. The molecule has 0 radical (unpaired) electrons. The molecule has 1 aliphatic rings. The molecule has 1 atom stereocenters. The molecule has 4 nitrogen and oxygen atoms in total. The van der Waals surface area contributed by atoms with Gasteiger partial charge < -0.3 is 4.74 Å². The summed E-state index contributed by atoms with van der Waals surface area (Å²) in [6.45, 7) is 1.82. The van der Waals surface area contributed by atoms with E-state index in [0.29, 0.717) is 10.9 Å². The highest BCUT2D eigenvalue weighted by atomic mass is 35.5. The van der Waals surface area contributed by atoms with E-state index in [0.717, 1.165) is 18.5 Å². The first-order valence-electron chi connectivity index (χ1n) is 4.92. The minimum atomic E-state index is -0.304. The van der Waals surface area contributed by atoms with Gasteiger partial charge in [-0.25, -0.2) is 4.79 Å². The molecule has 0 amide bonds. The lowest BCUT2D eigenvalue weighted by Crippen LogP contribution is -2.23. The minimum Gasteiger partial charge on any atom is -0.467 e. The van der Waals surface area contributed by atoms with Gasteiger partial charge in [-0.1, -0.05) is 11.6 Å². The summed E-state index contributed by atoms with van der Waals surface area (Å²) < 4.78 is 6.40. The van der Waals surface area contributed by atoms with Gasteiger partial charge in [-0.15, -0.1) is 0 Å². The summed E-state index contributed by atoms with van der Waals surface area (Å²) in [4.78, 5) is 11.6. The largest absolute Gasteiger partial charge is 0.467 e. The highest BCUT2D eigenvalue weighted by Crippen LogP contribution is 2.40. The number of hydrogen-bond acceptors (Lipinski definition) is 3. The fourth-order valence-electron chi connectivity index (χ4n) is 1.65. The van der Waals surface area contributed by atoms with Gasteiger partial charge in [-0.3, -0.25) is 4.68 Å².